The molecule has 0 radical (unpaired) electrons. The molecule has 0 saturated carbocycles. The quantitative estimate of drug-likeness (QED) is 0.347. The summed E-state index contributed by atoms with van der Waals surface area (Å²) >= 11 is 5.77. The summed E-state index contributed by atoms with van der Waals surface area (Å²) in [4.78, 5) is 33.0. The lowest BCUT2D eigenvalue weighted by molar-refractivity contribution is -0.384. The van der Waals surface area contributed by atoms with Gasteiger partial charge in [0.25, 0.3) is 21.6 Å². The molecule has 0 unspecified atom stereocenters. The highest BCUT2D eigenvalue weighted by Crippen LogP contribution is 2.24. The third kappa shape index (κ3) is 5.41. The van der Waals surface area contributed by atoms with Gasteiger partial charge in [0, 0.05) is 24.2 Å². The summed E-state index contributed by atoms with van der Waals surface area (Å²) in [5, 5.41) is 16.0. The first-order chi connectivity index (χ1) is 13.1. The Bertz CT molecular complexity index is 1020. The predicted molar refractivity (Wildman–Crippen MR) is 102 cm³/mol. The summed E-state index contributed by atoms with van der Waals surface area (Å²) in [7, 11) is -3.92. The van der Waals surface area contributed by atoms with Crippen LogP contribution in [0.4, 0.5) is 11.4 Å². The molecule has 28 heavy (non-hydrogen) atoms. The zero-order valence-corrected chi connectivity index (χ0v) is 16.0. The summed E-state index contributed by atoms with van der Waals surface area (Å²) < 4.78 is 25.5. The van der Waals surface area contributed by atoms with E-state index < -0.39 is 26.8 Å². The first-order valence-corrected chi connectivity index (χ1v) is 9.56. The van der Waals surface area contributed by atoms with E-state index >= 15 is 0 Å². The maximum absolute atomic E-state index is 12.1. The van der Waals surface area contributed by atoms with Crippen LogP contribution in [0.3, 0.4) is 0 Å². The van der Waals surface area contributed by atoms with Crippen molar-refractivity contribution >= 4 is 44.8 Å². The Morgan fingerprint density at radius 2 is 1.79 bits per heavy atom. The van der Waals surface area contributed by atoms with E-state index in [2.05, 4.69) is 10.6 Å². The molecule has 2 aromatic carbocycles. The summed E-state index contributed by atoms with van der Waals surface area (Å²) in [6.07, 6.45) is 0. The van der Waals surface area contributed by atoms with Crippen molar-refractivity contribution in [1.29, 1.82) is 0 Å². The molecule has 0 aliphatic rings. The van der Waals surface area contributed by atoms with Gasteiger partial charge in [0.1, 0.15) is 5.02 Å². The van der Waals surface area contributed by atoms with Gasteiger partial charge in [0.05, 0.1) is 16.5 Å². The van der Waals surface area contributed by atoms with Crippen molar-refractivity contribution in [3.05, 3.63) is 63.2 Å². The number of carbonyl (C=O) groups excluding carboxylic acids is 2. The Morgan fingerprint density at radius 3 is 2.32 bits per heavy atom. The van der Waals surface area contributed by atoms with E-state index in [1.165, 1.54) is 36.4 Å². The molecule has 0 bridgehead atoms. The number of nitrogens with one attached hydrogen (secondary N) is 3. The van der Waals surface area contributed by atoms with Crippen molar-refractivity contribution in [3.63, 3.8) is 0 Å². The van der Waals surface area contributed by atoms with Crippen LogP contribution in [0.15, 0.2) is 47.4 Å². The molecule has 3 N–H and O–H groups in total. The molecule has 0 fully saturated rings. The molecule has 0 aliphatic heterocycles. The average Bonchev–Trinajstić information content (AvgIpc) is 2.60. The van der Waals surface area contributed by atoms with Gasteiger partial charge in [0.2, 0.25) is 5.91 Å². The van der Waals surface area contributed by atoms with E-state index in [1.807, 2.05) is 4.72 Å². The van der Waals surface area contributed by atoms with E-state index in [0.717, 1.165) is 13.0 Å². The van der Waals surface area contributed by atoms with E-state index in [-0.39, 0.29) is 27.8 Å². The van der Waals surface area contributed by atoms with Crippen LogP contribution in [-0.4, -0.2) is 31.8 Å². The van der Waals surface area contributed by atoms with E-state index in [4.69, 9.17) is 11.6 Å². The lowest BCUT2D eigenvalue weighted by Gasteiger charge is -2.10. The van der Waals surface area contributed by atoms with Crippen LogP contribution in [0.5, 0.6) is 0 Å². The van der Waals surface area contributed by atoms with Gasteiger partial charge in [0.15, 0.2) is 0 Å². The zero-order valence-electron chi connectivity index (χ0n) is 14.4. The monoisotopic (exact) mass is 426 g/mol. The Morgan fingerprint density at radius 1 is 1.14 bits per heavy atom. The number of nitrogens with zero attached hydrogens (tertiary/aromatic N) is 1. The first kappa shape index (κ1) is 21.1. The van der Waals surface area contributed by atoms with Crippen LogP contribution in [0, 0.1) is 10.1 Å². The van der Waals surface area contributed by atoms with Crippen molar-refractivity contribution in [2.24, 2.45) is 0 Å². The Hall–Kier alpha value is -3.18. The number of carbonyl (C=O) groups is 2. The molecule has 0 spiro atoms. The highest BCUT2D eigenvalue weighted by Gasteiger charge is 2.16. The third-order valence-electron chi connectivity index (χ3n) is 3.39. The fourth-order valence-corrected chi connectivity index (χ4v) is 3.37. The average molecular weight is 427 g/mol. The first-order valence-electron chi connectivity index (χ1n) is 7.69. The third-order valence-corrected chi connectivity index (χ3v) is 5.14. The van der Waals surface area contributed by atoms with Gasteiger partial charge in [-0.2, -0.15) is 0 Å². The van der Waals surface area contributed by atoms with Crippen LogP contribution in [0.2, 0.25) is 5.02 Å². The minimum atomic E-state index is -3.92. The fourth-order valence-electron chi connectivity index (χ4n) is 2.12. The van der Waals surface area contributed by atoms with Gasteiger partial charge >= 0.3 is 0 Å². The SMILES string of the molecule is CC(=O)NS(=O)(=O)c1ccc(NCNC(=O)c2ccc([N+](=O)[O-])c(Cl)c2)cc1. The van der Waals surface area contributed by atoms with Crippen molar-refractivity contribution < 1.29 is 22.9 Å². The Labute approximate surface area is 165 Å². The van der Waals surface area contributed by atoms with Crippen molar-refractivity contribution in [2.75, 3.05) is 12.0 Å². The molecule has 0 aromatic heterocycles. The number of nitro benzene ring substituents is 1. The van der Waals surface area contributed by atoms with Gasteiger partial charge in [-0.15, -0.1) is 0 Å². The van der Waals surface area contributed by atoms with Gasteiger partial charge < -0.3 is 10.6 Å². The minimum absolute atomic E-state index is 0.00519. The summed E-state index contributed by atoms with van der Waals surface area (Å²) in [6.45, 7) is 1.10. The summed E-state index contributed by atoms with van der Waals surface area (Å²) in [5.74, 6) is -1.20. The van der Waals surface area contributed by atoms with Crippen molar-refractivity contribution in [1.82, 2.24) is 10.0 Å². The topological polar surface area (TPSA) is 148 Å². The van der Waals surface area contributed by atoms with Crippen molar-refractivity contribution in [2.45, 2.75) is 11.8 Å². The van der Waals surface area contributed by atoms with Gasteiger partial charge in [-0.05, 0) is 36.4 Å². The van der Waals surface area contributed by atoms with Crippen LogP contribution < -0.4 is 15.4 Å². The number of hydrogen-bond acceptors (Lipinski definition) is 7. The van der Waals surface area contributed by atoms with E-state index in [9.17, 15) is 28.1 Å². The Kier molecular flexibility index (Phi) is 6.54. The lowest BCUT2D eigenvalue weighted by atomic mass is 10.2. The number of nitro groups is 1. The molecule has 2 amide bonds. The molecule has 10 nitrogen and oxygen atoms in total. The molecular formula is C16H15ClN4O6S. The fraction of sp³-hybridized carbons (Fsp3) is 0.125. The normalized spacial score (nSPS) is 10.8. The maximum Gasteiger partial charge on any atom is 0.287 e. The molecule has 0 aliphatic carbocycles. The second-order valence-corrected chi connectivity index (χ2v) is 7.56. The standard InChI is InChI=1S/C16H15ClN4O6S/c1-10(22)20-28(26,27)13-5-3-12(4-6-13)18-9-19-16(23)11-2-7-15(21(24)25)14(17)8-11/h2-8,18H,9H2,1H3,(H,19,23)(H,20,22). The van der Waals surface area contributed by atoms with Gasteiger partial charge in [-0.25, -0.2) is 13.1 Å². The van der Waals surface area contributed by atoms with E-state index in [1.54, 1.807) is 0 Å². The van der Waals surface area contributed by atoms with Crippen LogP contribution in [-0.2, 0) is 14.8 Å². The zero-order chi connectivity index (χ0) is 20.9. The van der Waals surface area contributed by atoms with Crippen LogP contribution in [0.25, 0.3) is 0 Å². The molecule has 2 rings (SSSR count). The van der Waals surface area contributed by atoms with Crippen LogP contribution in [0.1, 0.15) is 17.3 Å². The second-order valence-electron chi connectivity index (χ2n) is 5.47. The number of rotatable bonds is 7. The molecule has 148 valence electrons. The number of amides is 2. The Balaban J connectivity index is 1.94. The van der Waals surface area contributed by atoms with Gasteiger partial charge in [-0.3, -0.25) is 19.7 Å². The molecule has 12 heteroatoms. The summed E-state index contributed by atoms with van der Waals surface area (Å²) in [6, 6.07) is 9.13. The van der Waals surface area contributed by atoms with E-state index in [0.29, 0.717) is 5.69 Å². The number of sulfonamides is 1. The molecule has 0 saturated heterocycles. The highest BCUT2D eigenvalue weighted by atomic mass is 35.5. The number of hydrogen-bond donors (Lipinski definition) is 3. The highest BCUT2D eigenvalue weighted by molar-refractivity contribution is 7.90. The number of halogens is 1. The molecular weight excluding hydrogens is 412 g/mol. The summed E-state index contributed by atoms with van der Waals surface area (Å²) in [5.41, 5.74) is 0.364. The smallest absolute Gasteiger partial charge is 0.287 e. The van der Waals surface area contributed by atoms with Crippen LogP contribution >= 0.6 is 11.6 Å². The maximum atomic E-state index is 12.1. The lowest BCUT2D eigenvalue weighted by Crippen LogP contribution is -2.29. The second kappa shape index (κ2) is 8.67. The molecule has 2 aromatic rings. The number of benzene rings is 2. The number of anilines is 1. The molecule has 0 heterocycles. The molecule has 0 atom stereocenters. The van der Waals surface area contributed by atoms with Gasteiger partial charge in [-0.1, -0.05) is 11.6 Å². The predicted octanol–water partition coefficient (Wildman–Crippen LogP) is 1.87. The largest absolute Gasteiger partial charge is 0.368 e. The minimum Gasteiger partial charge on any atom is -0.368 e. The van der Waals surface area contributed by atoms with Crippen molar-refractivity contribution in [3.8, 4) is 0 Å².